The van der Waals surface area contributed by atoms with E-state index in [0.717, 1.165) is 41.5 Å². The van der Waals surface area contributed by atoms with Gasteiger partial charge in [-0.2, -0.15) is 0 Å². The van der Waals surface area contributed by atoms with E-state index in [1.807, 2.05) is 71.6 Å². The Morgan fingerprint density at radius 3 is 2.64 bits per heavy atom. The standard InChI is InChI=1S/C27H30N2O4/c1-32-25-11-5-4-9-23(25)18-29(19-24-10-6-16-33-24)26(30)14-15-28-27(31)22-13-12-20-7-2-3-8-21(20)17-22/h2-5,7-9,11-13,17,24H,6,10,14-16,18-19H2,1H3,(H,28,31). The molecule has 1 saturated heterocycles. The van der Waals surface area contributed by atoms with E-state index in [1.165, 1.54) is 0 Å². The normalized spacial score (nSPS) is 15.4. The first kappa shape index (κ1) is 22.8. The number of carbonyl (C=O) groups excluding carboxylic acids is 2. The smallest absolute Gasteiger partial charge is 0.251 e. The van der Waals surface area contributed by atoms with Gasteiger partial charge < -0.3 is 19.7 Å². The Bertz CT molecular complexity index is 1110. The summed E-state index contributed by atoms with van der Waals surface area (Å²) in [4.78, 5) is 27.5. The molecule has 172 valence electrons. The highest BCUT2D eigenvalue weighted by Gasteiger charge is 2.23. The van der Waals surface area contributed by atoms with Gasteiger partial charge >= 0.3 is 0 Å². The molecule has 1 aliphatic heterocycles. The third kappa shape index (κ3) is 5.90. The molecule has 0 bridgehead atoms. The fraction of sp³-hybridized carbons (Fsp3) is 0.333. The first-order valence-electron chi connectivity index (χ1n) is 11.4. The van der Waals surface area contributed by atoms with Crippen molar-refractivity contribution in [2.24, 2.45) is 0 Å². The van der Waals surface area contributed by atoms with Crippen molar-refractivity contribution in [2.45, 2.75) is 31.9 Å². The number of benzene rings is 3. The van der Waals surface area contributed by atoms with Crippen LogP contribution in [0.4, 0.5) is 0 Å². The number of amides is 2. The summed E-state index contributed by atoms with van der Waals surface area (Å²) in [6, 6.07) is 21.3. The van der Waals surface area contributed by atoms with Gasteiger partial charge in [0.05, 0.1) is 13.2 Å². The maximum atomic E-state index is 13.1. The van der Waals surface area contributed by atoms with E-state index in [2.05, 4.69) is 5.32 Å². The quantitative estimate of drug-likeness (QED) is 0.536. The average Bonchev–Trinajstić information content (AvgIpc) is 3.36. The van der Waals surface area contributed by atoms with Crippen LogP contribution in [-0.2, 0) is 16.1 Å². The fourth-order valence-electron chi connectivity index (χ4n) is 4.20. The van der Waals surface area contributed by atoms with Gasteiger partial charge in [0.2, 0.25) is 5.91 Å². The van der Waals surface area contributed by atoms with Crippen molar-refractivity contribution in [1.82, 2.24) is 10.2 Å². The Labute approximate surface area is 194 Å². The highest BCUT2D eigenvalue weighted by atomic mass is 16.5. The van der Waals surface area contributed by atoms with Crippen LogP contribution in [0.5, 0.6) is 5.75 Å². The van der Waals surface area contributed by atoms with Crippen molar-refractivity contribution in [2.75, 3.05) is 26.8 Å². The molecule has 1 heterocycles. The SMILES string of the molecule is COc1ccccc1CN(CC1CCCO1)C(=O)CCNC(=O)c1ccc2ccccc2c1. The fourth-order valence-corrected chi connectivity index (χ4v) is 4.20. The molecule has 1 fully saturated rings. The number of hydrogen-bond donors (Lipinski definition) is 1. The highest BCUT2D eigenvalue weighted by Crippen LogP contribution is 2.22. The summed E-state index contributed by atoms with van der Waals surface area (Å²) in [5, 5.41) is 4.99. The van der Waals surface area contributed by atoms with Gasteiger partial charge in [0.1, 0.15) is 5.75 Å². The van der Waals surface area contributed by atoms with Crippen LogP contribution >= 0.6 is 0 Å². The molecule has 1 aliphatic rings. The Kier molecular flexibility index (Phi) is 7.58. The molecule has 3 aromatic carbocycles. The minimum atomic E-state index is -0.177. The second-order valence-corrected chi connectivity index (χ2v) is 8.29. The number of nitrogens with zero attached hydrogens (tertiary/aromatic N) is 1. The molecule has 3 aromatic rings. The lowest BCUT2D eigenvalue weighted by Gasteiger charge is -2.26. The van der Waals surface area contributed by atoms with Gasteiger partial charge in [-0.15, -0.1) is 0 Å². The average molecular weight is 447 g/mol. The first-order valence-corrected chi connectivity index (χ1v) is 11.4. The third-order valence-electron chi connectivity index (χ3n) is 5.99. The Hall–Kier alpha value is -3.38. The lowest BCUT2D eigenvalue weighted by Crippen LogP contribution is -2.38. The largest absolute Gasteiger partial charge is 0.496 e. The van der Waals surface area contributed by atoms with E-state index in [9.17, 15) is 9.59 Å². The predicted molar refractivity (Wildman–Crippen MR) is 128 cm³/mol. The Balaban J connectivity index is 1.37. The van der Waals surface area contributed by atoms with Crippen LogP contribution in [0, 0.1) is 0 Å². The summed E-state index contributed by atoms with van der Waals surface area (Å²) >= 11 is 0. The van der Waals surface area contributed by atoms with E-state index in [-0.39, 0.29) is 30.9 Å². The highest BCUT2D eigenvalue weighted by molar-refractivity contribution is 5.98. The molecule has 6 heteroatoms. The predicted octanol–water partition coefficient (Wildman–Crippen LogP) is 4.18. The molecule has 6 nitrogen and oxygen atoms in total. The number of carbonyl (C=O) groups is 2. The van der Waals surface area contributed by atoms with Gasteiger partial charge in [-0.25, -0.2) is 0 Å². The number of ether oxygens (including phenoxy) is 2. The van der Waals surface area contributed by atoms with Crippen LogP contribution in [-0.4, -0.2) is 49.6 Å². The van der Waals surface area contributed by atoms with E-state index in [4.69, 9.17) is 9.47 Å². The first-order chi connectivity index (χ1) is 16.1. The zero-order chi connectivity index (χ0) is 23.0. The number of hydrogen-bond acceptors (Lipinski definition) is 4. The molecule has 33 heavy (non-hydrogen) atoms. The summed E-state index contributed by atoms with van der Waals surface area (Å²) < 4.78 is 11.2. The van der Waals surface area contributed by atoms with Crippen LogP contribution < -0.4 is 10.1 Å². The van der Waals surface area contributed by atoms with Gasteiger partial charge in [-0.1, -0.05) is 48.5 Å². The van der Waals surface area contributed by atoms with Crippen LogP contribution in [0.3, 0.4) is 0 Å². The number of fused-ring (bicyclic) bond motifs is 1. The molecule has 0 aliphatic carbocycles. The van der Waals surface area contributed by atoms with Gasteiger partial charge in [-0.05, 0) is 41.8 Å². The van der Waals surface area contributed by atoms with Gasteiger partial charge in [0.15, 0.2) is 0 Å². The monoisotopic (exact) mass is 446 g/mol. The Morgan fingerprint density at radius 2 is 1.85 bits per heavy atom. The van der Waals surface area contributed by atoms with Crippen molar-refractivity contribution >= 4 is 22.6 Å². The molecule has 4 rings (SSSR count). The number of nitrogens with one attached hydrogen (secondary N) is 1. The second-order valence-electron chi connectivity index (χ2n) is 8.29. The van der Waals surface area contributed by atoms with Crippen LogP contribution in [0.2, 0.25) is 0 Å². The molecule has 1 unspecified atom stereocenters. The van der Waals surface area contributed by atoms with Crippen molar-refractivity contribution in [3.05, 3.63) is 77.9 Å². The third-order valence-corrected chi connectivity index (χ3v) is 5.99. The van der Waals surface area contributed by atoms with Crippen molar-refractivity contribution in [3.63, 3.8) is 0 Å². The van der Waals surface area contributed by atoms with E-state index < -0.39 is 0 Å². The molecule has 0 saturated carbocycles. The minimum absolute atomic E-state index is 0.0183. The maximum absolute atomic E-state index is 13.1. The maximum Gasteiger partial charge on any atom is 0.251 e. The van der Waals surface area contributed by atoms with E-state index in [0.29, 0.717) is 18.7 Å². The van der Waals surface area contributed by atoms with Crippen molar-refractivity contribution < 1.29 is 19.1 Å². The molecular weight excluding hydrogens is 416 g/mol. The second kappa shape index (κ2) is 11.0. The summed E-state index contributed by atoms with van der Waals surface area (Å²) in [7, 11) is 1.63. The minimum Gasteiger partial charge on any atom is -0.496 e. The number of rotatable bonds is 9. The lowest BCUT2D eigenvalue weighted by molar-refractivity contribution is -0.133. The molecule has 1 N–H and O–H groups in total. The van der Waals surface area contributed by atoms with Gasteiger partial charge in [0.25, 0.3) is 5.91 Å². The van der Waals surface area contributed by atoms with Crippen molar-refractivity contribution in [3.8, 4) is 5.75 Å². The zero-order valence-electron chi connectivity index (χ0n) is 19.0. The molecule has 0 radical (unpaired) electrons. The summed E-state index contributed by atoms with van der Waals surface area (Å²) in [6.07, 6.45) is 2.24. The Morgan fingerprint density at radius 1 is 1.06 bits per heavy atom. The molecule has 1 atom stereocenters. The van der Waals surface area contributed by atoms with Crippen LogP contribution in [0.25, 0.3) is 10.8 Å². The number of para-hydroxylation sites is 1. The number of methoxy groups -OCH3 is 1. The van der Waals surface area contributed by atoms with Crippen LogP contribution in [0.15, 0.2) is 66.7 Å². The molecular formula is C27H30N2O4. The van der Waals surface area contributed by atoms with Crippen molar-refractivity contribution in [1.29, 1.82) is 0 Å². The molecule has 0 spiro atoms. The van der Waals surface area contributed by atoms with E-state index in [1.54, 1.807) is 7.11 Å². The van der Waals surface area contributed by atoms with Crippen LogP contribution in [0.1, 0.15) is 35.2 Å². The van der Waals surface area contributed by atoms with Gasteiger partial charge in [-0.3, -0.25) is 9.59 Å². The zero-order valence-corrected chi connectivity index (χ0v) is 19.0. The molecule has 2 amide bonds. The summed E-state index contributed by atoms with van der Waals surface area (Å²) in [6.45, 7) is 2.00. The topological polar surface area (TPSA) is 67.9 Å². The summed E-state index contributed by atoms with van der Waals surface area (Å²) in [5.41, 5.74) is 1.54. The summed E-state index contributed by atoms with van der Waals surface area (Å²) in [5.74, 6) is 0.562. The molecule has 0 aromatic heterocycles. The van der Waals surface area contributed by atoms with Gasteiger partial charge in [0, 0.05) is 43.8 Å². The van der Waals surface area contributed by atoms with E-state index >= 15 is 0 Å². The lowest BCUT2D eigenvalue weighted by atomic mass is 10.1.